The number of nitrogens with zero attached hydrogens (tertiary/aromatic N) is 7. The minimum Gasteiger partial charge on any atom is -0.464 e. The van der Waals surface area contributed by atoms with E-state index in [9.17, 15) is 19.2 Å². The zero-order valence-electron chi connectivity index (χ0n) is 42.6. The van der Waals surface area contributed by atoms with Crippen LogP contribution in [0.15, 0.2) is 35.8 Å². The molecule has 3 aromatic heterocycles. The highest BCUT2D eigenvalue weighted by atomic mass is 32.1. The van der Waals surface area contributed by atoms with Gasteiger partial charge in [-0.05, 0) is 107 Å². The van der Waals surface area contributed by atoms with Crippen LogP contribution in [0.2, 0.25) is 0 Å². The lowest BCUT2D eigenvalue weighted by atomic mass is 9.83. The maximum absolute atomic E-state index is 14.7. The largest absolute Gasteiger partial charge is 0.464 e. The molecule has 4 atom stereocenters. The number of hydrogen-bond acceptors (Lipinski definition) is 12. The average molecular weight is 980 g/mol. The normalized spacial score (nSPS) is 22.8. The number of fused-ring (bicyclic) bond motifs is 6. The van der Waals surface area contributed by atoms with Crippen LogP contribution in [0.1, 0.15) is 101 Å². The van der Waals surface area contributed by atoms with E-state index in [4.69, 9.17) is 24.2 Å². The predicted molar refractivity (Wildman–Crippen MR) is 270 cm³/mol. The lowest BCUT2D eigenvalue weighted by molar-refractivity contribution is -0.155. The van der Waals surface area contributed by atoms with Crippen molar-refractivity contribution >= 4 is 46.1 Å². The summed E-state index contributed by atoms with van der Waals surface area (Å²) in [6.45, 7) is 18.3. The number of cyclic esters (lactones) is 1. The Labute approximate surface area is 416 Å². The number of rotatable bonds is 10. The Kier molecular flexibility index (Phi) is 14.8. The molecule has 16 nitrogen and oxygen atoms in total. The molecule has 17 heteroatoms. The quantitative estimate of drug-likeness (QED) is 0.163. The minimum atomic E-state index is -1.04. The van der Waals surface area contributed by atoms with Gasteiger partial charge in [-0.2, -0.15) is 0 Å². The number of piperidine rings is 1. The second-order valence-corrected chi connectivity index (χ2v) is 22.6. The number of carbonyl (C=O) groups excluding carboxylic acids is 4. The molecule has 4 amide bonds. The molecule has 0 saturated carbocycles. The Balaban J connectivity index is 1.09. The van der Waals surface area contributed by atoms with Gasteiger partial charge in [0.05, 0.1) is 48.0 Å². The maximum Gasteiger partial charge on any atom is 0.324 e. The van der Waals surface area contributed by atoms with Crippen LogP contribution in [0.25, 0.3) is 33.4 Å². The van der Waals surface area contributed by atoms with Gasteiger partial charge < -0.3 is 38.8 Å². The van der Waals surface area contributed by atoms with Crippen molar-refractivity contribution in [3.05, 3.63) is 57.7 Å². The molecule has 378 valence electrons. The molecule has 5 aliphatic rings. The molecule has 4 saturated heterocycles. The van der Waals surface area contributed by atoms with Gasteiger partial charge in [0, 0.05) is 97.6 Å². The number of nitrogens with one attached hydrogen (secondary N) is 2. The first-order valence-corrected chi connectivity index (χ1v) is 26.4. The number of hydrogen-bond donors (Lipinski definition) is 2. The van der Waals surface area contributed by atoms with E-state index in [1.807, 2.05) is 19.2 Å². The molecule has 2 N–H and O–H groups in total. The summed E-state index contributed by atoms with van der Waals surface area (Å²) >= 11 is 1.44. The van der Waals surface area contributed by atoms with Gasteiger partial charge in [0.2, 0.25) is 5.91 Å². The van der Waals surface area contributed by atoms with Crippen LogP contribution in [0.4, 0.5) is 4.79 Å². The van der Waals surface area contributed by atoms with Crippen LogP contribution >= 0.6 is 11.3 Å². The Morgan fingerprint density at radius 3 is 2.50 bits per heavy atom. The lowest BCUT2D eigenvalue weighted by Crippen LogP contribution is -2.64. The zero-order chi connectivity index (χ0) is 49.6. The number of methoxy groups -OCH3 is 1. The molecule has 8 heterocycles. The minimum absolute atomic E-state index is 0.112. The monoisotopic (exact) mass is 980 g/mol. The van der Waals surface area contributed by atoms with E-state index in [1.165, 1.54) is 26.8 Å². The van der Waals surface area contributed by atoms with E-state index in [1.54, 1.807) is 19.1 Å². The third-order valence-corrected chi connectivity index (χ3v) is 16.4. The molecule has 9 rings (SSSR count). The van der Waals surface area contributed by atoms with Crippen molar-refractivity contribution in [1.29, 1.82) is 0 Å². The van der Waals surface area contributed by atoms with Gasteiger partial charge in [0.1, 0.15) is 18.1 Å². The zero-order valence-corrected chi connectivity index (χ0v) is 43.4. The molecule has 0 spiro atoms. The highest BCUT2D eigenvalue weighted by molar-refractivity contribution is 7.10. The summed E-state index contributed by atoms with van der Waals surface area (Å²) in [5.74, 6) is -0.213. The number of ether oxygens (including phenoxy) is 3. The fraction of sp³-hybridized carbons (Fsp3) is 0.623. The van der Waals surface area contributed by atoms with Gasteiger partial charge in [-0.25, -0.2) is 15.2 Å². The summed E-state index contributed by atoms with van der Waals surface area (Å²) in [4.78, 5) is 73.1. The number of amides is 4. The molecule has 70 heavy (non-hydrogen) atoms. The first kappa shape index (κ1) is 50.0. The fourth-order valence-electron chi connectivity index (χ4n) is 11.2. The fourth-order valence-corrected chi connectivity index (χ4v) is 12.1. The van der Waals surface area contributed by atoms with Crippen molar-refractivity contribution in [2.75, 3.05) is 73.7 Å². The second-order valence-electron chi connectivity index (χ2n) is 21.7. The van der Waals surface area contributed by atoms with Crippen molar-refractivity contribution in [1.82, 2.24) is 45.0 Å². The summed E-state index contributed by atoms with van der Waals surface area (Å²) in [5, 5.41) is 8.30. The smallest absolute Gasteiger partial charge is 0.324 e. The number of pyridine rings is 1. The van der Waals surface area contributed by atoms with Gasteiger partial charge >= 0.3 is 12.0 Å². The molecule has 1 aromatic carbocycles. The number of likely N-dealkylation sites (N-methyl/N-ethyl adjacent to an activating group) is 1. The van der Waals surface area contributed by atoms with E-state index in [-0.39, 0.29) is 37.0 Å². The van der Waals surface area contributed by atoms with Crippen molar-refractivity contribution in [3.63, 3.8) is 0 Å². The molecular formula is C53H73N9O7S. The van der Waals surface area contributed by atoms with E-state index in [0.717, 1.165) is 83.8 Å². The predicted octanol–water partition coefficient (Wildman–Crippen LogP) is 6.67. The molecule has 4 aromatic rings. The van der Waals surface area contributed by atoms with Crippen LogP contribution in [0, 0.1) is 23.2 Å². The summed E-state index contributed by atoms with van der Waals surface area (Å²) in [5.41, 5.74) is 10.9. The maximum atomic E-state index is 14.7. The highest BCUT2D eigenvalue weighted by Gasteiger charge is 2.43. The molecule has 4 fully saturated rings. The van der Waals surface area contributed by atoms with Crippen molar-refractivity contribution < 1.29 is 33.4 Å². The number of benzene rings is 1. The van der Waals surface area contributed by atoms with Crippen LogP contribution in [-0.4, -0.2) is 150 Å². The average Bonchev–Trinajstić information content (AvgIpc) is 3.91. The van der Waals surface area contributed by atoms with E-state index >= 15 is 0 Å². The SMILES string of the molecule is CCn1c(-c2cc(C3CCN(C)CC3)cnc2[C@H](C)OC)c2c3cc(ccc31)-c1csc(n1)C[C@H](NC(=O)[C@H](C(C)C)N(C)C(=O)N1CC(C3COC3)C1)C(=O)N1CCC[C@H](N1)C(=O)OCC(C)(C)C2. The van der Waals surface area contributed by atoms with Gasteiger partial charge in [-0.3, -0.25) is 24.4 Å². The molecule has 0 unspecified atom stereocenters. The van der Waals surface area contributed by atoms with Crippen molar-refractivity contribution in [3.8, 4) is 22.5 Å². The first-order chi connectivity index (χ1) is 33.5. The number of carbonyl (C=O) groups is 4. The van der Waals surface area contributed by atoms with Crippen LogP contribution in [-0.2, 0) is 48.0 Å². The molecule has 6 bridgehead atoms. The second kappa shape index (κ2) is 20.7. The Bertz CT molecular complexity index is 2580. The topological polar surface area (TPSA) is 164 Å². The highest BCUT2D eigenvalue weighted by Crippen LogP contribution is 2.43. The summed E-state index contributed by atoms with van der Waals surface area (Å²) in [7, 11) is 5.58. The Morgan fingerprint density at radius 1 is 1.06 bits per heavy atom. The lowest BCUT2D eigenvalue weighted by Gasteiger charge is -2.48. The molecule has 0 radical (unpaired) electrons. The molecule has 5 aliphatic heterocycles. The molecular weight excluding hydrogens is 907 g/mol. The van der Waals surface area contributed by atoms with E-state index in [0.29, 0.717) is 68.2 Å². The Morgan fingerprint density at radius 2 is 1.81 bits per heavy atom. The van der Waals surface area contributed by atoms with Crippen LogP contribution in [0.5, 0.6) is 0 Å². The van der Waals surface area contributed by atoms with E-state index < -0.39 is 35.4 Å². The van der Waals surface area contributed by atoms with Crippen LogP contribution in [0.3, 0.4) is 0 Å². The number of likely N-dealkylation sites (tertiary alicyclic amines) is 2. The third-order valence-electron chi connectivity index (χ3n) is 15.6. The number of hydrazine groups is 1. The summed E-state index contributed by atoms with van der Waals surface area (Å²) in [6.07, 6.45) is 5.69. The van der Waals surface area contributed by atoms with Gasteiger partial charge in [0.25, 0.3) is 5.91 Å². The van der Waals surface area contributed by atoms with Crippen molar-refractivity contribution in [2.45, 2.75) is 117 Å². The van der Waals surface area contributed by atoms with Gasteiger partial charge in [-0.15, -0.1) is 11.3 Å². The van der Waals surface area contributed by atoms with Crippen LogP contribution < -0.4 is 10.7 Å². The first-order valence-electron chi connectivity index (χ1n) is 25.5. The Hall–Kier alpha value is -4.94. The number of urea groups is 1. The number of aryl methyl sites for hydroxylation is 1. The third kappa shape index (κ3) is 10.1. The van der Waals surface area contributed by atoms with Gasteiger partial charge in [0.15, 0.2) is 0 Å². The molecule has 0 aliphatic carbocycles. The summed E-state index contributed by atoms with van der Waals surface area (Å²) in [6, 6.07) is 6.02. The van der Waals surface area contributed by atoms with Gasteiger partial charge in [-0.1, -0.05) is 33.8 Å². The standard InChI is InChI=1S/C53H73N9O7S/c1-10-61-44-14-13-34-20-38(44)40(48(61)39-21-35(24-54-46(39)32(4)67-9)33-15-18-58(7)19-16-33)23-53(5,6)30-69-51(65)41-12-11-17-62(57-41)50(64)42(22-45-55-43(34)29-70-45)56-49(63)47(31(2)3)59(8)52(66)60-25-36(26-60)37-27-68-28-37/h13-14,20-21,24,29,31-33,36-37,41-42,47,57H,10-12,15-19,22-23,25-28,30H2,1-9H3,(H,56,63)/t32-,41-,42-,47-/m0/s1. The summed E-state index contributed by atoms with van der Waals surface area (Å²) < 4.78 is 20.0. The van der Waals surface area contributed by atoms with E-state index in [2.05, 4.69) is 85.4 Å². The number of esters is 1. The number of thiazole rings is 1. The number of aromatic nitrogens is 3. The van der Waals surface area contributed by atoms with Crippen molar-refractivity contribution in [2.24, 2.45) is 23.2 Å².